The molecule has 1 heterocycles. The Hall–Kier alpha value is -2.31. The number of aliphatic imine (C=N–C) groups is 1. The number of hydrogen-bond donors (Lipinski definition) is 2. The summed E-state index contributed by atoms with van der Waals surface area (Å²) in [6.07, 6.45) is 0.416. The lowest BCUT2D eigenvalue weighted by Gasteiger charge is -2.29. The Labute approximate surface area is 167 Å². The standard InChI is InChI=1S/C21H33FN4O2/c1-20(2,3)28-19(27)25-15-11-12-26(13-15)18(23-6)24-14-21(4,5)16-9-7-8-10-17(16)22/h7-10,15H,11-14H2,1-6H3,(H,23,24)(H,25,27). The molecule has 7 heteroatoms. The molecule has 156 valence electrons. The van der Waals surface area contributed by atoms with Crippen molar-refractivity contribution in [3.63, 3.8) is 0 Å². The number of likely N-dealkylation sites (tertiary alicyclic amines) is 1. The van der Waals surface area contributed by atoms with E-state index in [4.69, 9.17) is 4.74 Å². The van der Waals surface area contributed by atoms with E-state index in [0.29, 0.717) is 18.7 Å². The van der Waals surface area contributed by atoms with Crippen molar-refractivity contribution in [1.82, 2.24) is 15.5 Å². The van der Waals surface area contributed by atoms with Crippen LogP contribution in [0, 0.1) is 5.82 Å². The van der Waals surface area contributed by atoms with Crippen LogP contribution in [0.25, 0.3) is 0 Å². The van der Waals surface area contributed by atoms with Crippen LogP contribution >= 0.6 is 0 Å². The molecule has 1 aliphatic heterocycles. The van der Waals surface area contributed by atoms with E-state index in [2.05, 4.69) is 20.5 Å². The monoisotopic (exact) mass is 392 g/mol. The number of nitrogens with one attached hydrogen (secondary N) is 2. The first-order chi connectivity index (χ1) is 13.0. The van der Waals surface area contributed by atoms with Gasteiger partial charge in [-0.05, 0) is 38.8 Å². The Bertz CT molecular complexity index is 713. The second kappa shape index (κ2) is 8.80. The highest BCUT2D eigenvalue weighted by Gasteiger charge is 2.29. The molecule has 0 spiro atoms. The van der Waals surface area contributed by atoms with Crippen LogP contribution in [0.15, 0.2) is 29.3 Å². The van der Waals surface area contributed by atoms with Gasteiger partial charge in [0.2, 0.25) is 0 Å². The smallest absolute Gasteiger partial charge is 0.407 e. The van der Waals surface area contributed by atoms with Crippen molar-refractivity contribution in [3.05, 3.63) is 35.6 Å². The number of halogens is 1. The Morgan fingerprint density at radius 2 is 1.96 bits per heavy atom. The molecule has 1 atom stereocenters. The van der Waals surface area contributed by atoms with Gasteiger partial charge in [0, 0.05) is 32.1 Å². The maximum Gasteiger partial charge on any atom is 0.407 e. The Morgan fingerprint density at radius 1 is 1.29 bits per heavy atom. The summed E-state index contributed by atoms with van der Waals surface area (Å²) < 4.78 is 19.5. The zero-order valence-corrected chi connectivity index (χ0v) is 17.8. The lowest BCUT2D eigenvalue weighted by molar-refractivity contribution is 0.0507. The Morgan fingerprint density at radius 3 is 2.57 bits per heavy atom. The van der Waals surface area contributed by atoms with Crippen LogP contribution in [0.3, 0.4) is 0 Å². The molecule has 6 nitrogen and oxygen atoms in total. The largest absolute Gasteiger partial charge is 0.444 e. The number of carbonyl (C=O) groups excluding carboxylic acids is 1. The summed E-state index contributed by atoms with van der Waals surface area (Å²) in [7, 11) is 1.73. The van der Waals surface area contributed by atoms with Gasteiger partial charge in [0.15, 0.2) is 5.96 Å². The summed E-state index contributed by atoms with van der Waals surface area (Å²) in [5.74, 6) is 0.546. The van der Waals surface area contributed by atoms with E-state index in [0.717, 1.165) is 18.9 Å². The molecule has 2 N–H and O–H groups in total. The first kappa shape index (κ1) is 22.0. The minimum Gasteiger partial charge on any atom is -0.444 e. The van der Waals surface area contributed by atoms with Crippen LogP contribution in [-0.4, -0.2) is 55.3 Å². The van der Waals surface area contributed by atoms with Crippen molar-refractivity contribution < 1.29 is 13.9 Å². The zero-order valence-electron chi connectivity index (χ0n) is 17.8. The predicted octanol–water partition coefficient (Wildman–Crippen LogP) is 3.28. The number of alkyl carbamates (subject to hydrolysis) is 1. The van der Waals surface area contributed by atoms with Crippen molar-refractivity contribution in [1.29, 1.82) is 0 Å². The molecule has 1 fully saturated rings. The van der Waals surface area contributed by atoms with E-state index in [1.807, 2.05) is 46.8 Å². The van der Waals surface area contributed by atoms with Gasteiger partial charge in [-0.3, -0.25) is 4.99 Å². The highest BCUT2D eigenvalue weighted by atomic mass is 19.1. The quantitative estimate of drug-likeness (QED) is 0.610. The molecular weight excluding hydrogens is 359 g/mol. The Kier molecular flexibility index (Phi) is 6.91. The van der Waals surface area contributed by atoms with Gasteiger partial charge in [-0.2, -0.15) is 0 Å². The van der Waals surface area contributed by atoms with Crippen LogP contribution in [0.5, 0.6) is 0 Å². The van der Waals surface area contributed by atoms with Crippen LogP contribution in [0.4, 0.5) is 9.18 Å². The number of hydrogen-bond acceptors (Lipinski definition) is 3. The second-order valence-corrected chi connectivity index (χ2v) is 8.84. The number of amides is 1. The second-order valence-electron chi connectivity index (χ2n) is 8.84. The molecule has 0 aliphatic carbocycles. The third-order valence-electron chi connectivity index (χ3n) is 4.71. The lowest BCUT2D eigenvalue weighted by Crippen LogP contribution is -2.47. The molecule has 1 unspecified atom stereocenters. The first-order valence-electron chi connectivity index (χ1n) is 9.72. The summed E-state index contributed by atoms with van der Waals surface area (Å²) in [5.41, 5.74) is -0.239. The molecule has 2 rings (SSSR count). The lowest BCUT2D eigenvalue weighted by atomic mass is 9.84. The van der Waals surface area contributed by atoms with E-state index in [-0.39, 0.29) is 11.9 Å². The van der Waals surface area contributed by atoms with E-state index in [1.54, 1.807) is 13.1 Å². The van der Waals surface area contributed by atoms with E-state index >= 15 is 0 Å². The van der Waals surface area contributed by atoms with Crippen molar-refractivity contribution >= 4 is 12.1 Å². The fourth-order valence-corrected chi connectivity index (χ4v) is 3.28. The molecule has 0 aromatic heterocycles. The van der Waals surface area contributed by atoms with E-state index in [9.17, 15) is 9.18 Å². The van der Waals surface area contributed by atoms with Crippen molar-refractivity contribution in [2.75, 3.05) is 26.7 Å². The van der Waals surface area contributed by atoms with E-state index in [1.165, 1.54) is 6.07 Å². The third-order valence-corrected chi connectivity index (χ3v) is 4.71. The maximum absolute atomic E-state index is 14.2. The molecule has 0 radical (unpaired) electrons. The van der Waals surface area contributed by atoms with Gasteiger partial charge < -0.3 is 20.3 Å². The maximum atomic E-state index is 14.2. The highest BCUT2D eigenvalue weighted by Crippen LogP contribution is 2.25. The molecule has 0 bridgehead atoms. The molecule has 1 saturated heterocycles. The van der Waals surface area contributed by atoms with Crippen molar-refractivity contribution in [2.45, 2.75) is 58.1 Å². The topological polar surface area (TPSA) is 66.0 Å². The molecule has 1 aromatic rings. The predicted molar refractivity (Wildman–Crippen MR) is 110 cm³/mol. The van der Waals surface area contributed by atoms with Gasteiger partial charge in [0.1, 0.15) is 11.4 Å². The van der Waals surface area contributed by atoms with Crippen LogP contribution in [-0.2, 0) is 10.2 Å². The van der Waals surface area contributed by atoms with Gasteiger partial charge in [0.25, 0.3) is 0 Å². The average molecular weight is 393 g/mol. The van der Waals surface area contributed by atoms with Gasteiger partial charge >= 0.3 is 6.09 Å². The minimum atomic E-state index is -0.516. The van der Waals surface area contributed by atoms with Crippen molar-refractivity contribution in [2.24, 2.45) is 4.99 Å². The number of carbonyl (C=O) groups is 1. The van der Waals surface area contributed by atoms with Crippen LogP contribution in [0.2, 0.25) is 0 Å². The van der Waals surface area contributed by atoms with Gasteiger partial charge in [0.05, 0.1) is 6.04 Å². The van der Waals surface area contributed by atoms with E-state index < -0.39 is 17.1 Å². The van der Waals surface area contributed by atoms with Gasteiger partial charge in [-0.1, -0.05) is 32.0 Å². The SMILES string of the molecule is CN=C(NCC(C)(C)c1ccccc1F)N1CCC(NC(=O)OC(C)(C)C)C1. The molecular formula is C21H33FN4O2. The molecule has 1 amide bonds. The first-order valence-corrected chi connectivity index (χ1v) is 9.72. The number of rotatable bonds is 4. The third kappa shape index (κ3) is 6.11. The highest BCUT2D eigenvalue weighted by molar-refractivity contribution is 5.80. The number of guanidine groups is 1. The number of ether oxygens (including phenoxy) is 1. The fourth-order valence-electron chi connectivity index (χ4n) is 3.28. The van der Waals surface area contributed by atoms with Gasteiger partial charge in [-0.25, -0.2) is 9.18 Å². The minimum absolute atomic E-state index is 0.00739. The summed E-state index contributed by atoms with van der Waals surface area (Å²) >= 11 is 0. The number of nitrogens with zero attached hydrogens (tertiary/aromatic N) is 2. The normalized spacial score (nSPS) is 18.2. The van der Waals surface area contributed by atoms with Crippen LogP contribution < -0.4 is 10.6 Å². The molecule has 28 heavy (non-hydrogen) atoms. The van der Waals surface area contributed by atoms with Crippen LogP contribution in [0.1, 0.15) is 46.6 Å². The number of benzene rings is 1. The summed E-state index contributed by atoms with van der Waals surface area (Å²) in [6, 6.07) is 6.86. The zero-order chi connectivity index (χ0) is 20.9. The summed E-state index contributed by atoms with van der Waals surface area (Å²) in [6.45, 7) is 11.5. The summed E-state index contributed by atoms with van der Waals surface area (Å²) in [5, 5.41) is 6.27. The Balaban J connectivity index is 1.91. The fraction of sp³-hybridized carbons (Fsp3) is 0.619. The molecule has 0 saturated carbocycles. The summed E-state index contributed by atoms with van der Waals surface area (Å²) in [4.78, 5) is 18.4. The van der Waals surface area contributed by atoms with Gasteiger partial charge in [-0.15, -0.1) is 0 Å². The van der Waals surface area contributed by atoms with Crippen molar-refractivity contribution in [3.8, 4) is 0 Å². The molecule has 1 aromatic carbocycles. The molecule has 1 aliphatic rings. The average Bonchev–Trinajstić information content (AvgIpc) is 3.02.